The molecular weight excluding hydrogens is 390 g/mol. The first kappa shape index (κ1) is 17.3. The van der Waals surface area contributed by atoms with E-state index < -0.39 is 0 Å². The van der Waals surface area contributed by atoms with Crippen molar-refractivity contribution in [2.75, 3.05) is 43.4 Å². The van der Waals surface area contributed by atoms with Crippen LogP contribution in [0.4, 0.5) is 11.4 Å². The van der Waals surface area contributed by atoms with Gasteiger partial charge in [-0.15, -0.1) is 0 Å². The Bertz CT molecular complexity index is 745. The van der Waals surface area contributed by atoms with Crippen molar-refractivity contribution < 1.29 is 4.79 Å². The molecule has 0 unspecified atom stereocenters. The molecule has 3 rings (SSSR count). The van der Waals surface area contributed by atoms with E-state index in [1.807, 2.05) is 30.3 Å². The Morgan fingerprint density at radius 2 is 1.88 bits per heavy atom. The number of hydrogen-bond donors (Lipinski definition) is 1. The summed E-state index contributed by atoms with van der Waals surface area (Å²) in [7, 11) is 2.12. The summed E-state index contributed by atoms with van der Waals surface area (Å²) in [6.07, 6.45) is 0. The zero-order valence-electron chi connectivity index (χ0n) is 13.4. The molecular formula is C18H19BrClN3O. The number of piperazine rings is 1. The van der Waals surface area contributed by atoms with Gasteiger partial charge in [0.1, 0.15) is 0 Å². The summed E-state index contributed by atoms with van der Waals surface area (Å²) in [5.41, 5.74) is 2.32. The summed E-state index contributed by atoms with van der Waals surface area (Å²) in [4.78, 5) is 16.9. The van der Waals surface area contributed by atoms with Crippen LogP contribution in [-0.4, -0.2) is 44.0 Å². The van der Waals surface area contributed by atoms with Crippen molar-refractivity contribution in [3.05, 3.63) is 57.5 Å². The van der Waals surface area contributed by atoms with Gasteiger partial charge in [-0.1, -0.05) is 33.6 Å². The molecule has 6 heteroatoms. The lowest BCUT2D eigenvalue weighted by molar-refractivity contribution is 0.102. The van der Waals surface area contributed by atoms with Crippen LogP contribution in [0.5, 0.6) is 0 Å². The molecule has 2 aromatic rings. The maximum absolute atomic E-state index is 12.3. The molecule has 0 bridgehead atoms. The SMILES string of the molecule is CN1CCN(c2ccc(NC(=O)c3cccc(Br)c3)cc2Cl)CC1. The third kappa shape index (κ3) is 4.09. The maximum Gasteiger partial charge on any atom is 0.255 e. The van der Waals surface area contributed by atoms with E-state index in [0.29, 0.717) is 16.3 Å². The van der Waals surface area contributed by atoms with E-state index >= 15 is 0 Å². The molecule has 0 atom stereocenters. The summed E-state index contributed by atoms with van der Waals surface area (Å²) in [6, 6.07) is 13.0. The summed E-state index contributed by atoms with van der Waals surface area (Å²) in [5.74, 6) is -0.153. The van der Waals surface area contributed by atoms with E-state index in [0.717, 1.165) is 36.3 Å². The lowest BCUT2D eigenvalue weighted by Crippen LogP contribution is -2.44. The summed E-state index contributed by atoms with van der Waals surface area (Å²) in [6.45, 7) is 3.97. The fraction of sp³-hybridized carbons (Fsp3) is 0.278. The number of hydrogen-bond acceptors (Lipinski definition) is 3. The first-order valence-corrected chi connectivity index (χ1v) is 9.00. The Labute approximate surface area is 155 Å². The molecule has 1 N–H and O–H groups in total. The number of benzene rings is 2. The Morgan fingerprint density at radius 1 is 1.12 bits per heavy atom. The van der Waals surface area contributed by atoms with Gasteiger partial charge in [0.25, 0.3) is 5.91 Å². The van der Waals surface area contributed by atoms with E-state index in [4.69, 9.17) is 11.6 Å². The standard InChI is InChI=1S/C18H19BrClN3O/c1-22-7-9-23(10-8-22)17-6-5-15(12-16(17)20)21-18(24)13-3-2-4-14(19)11-13/h2-6,11-12H,7-10H2,1H3,(H,21,24). The predicted molar refractivity (Wildman–Crippen MR) is 103 cm³/mol. The third-order valence-electron chi connectivity index (χ3n) is 4.14. The van der Waals surface area contributed by atoms with Gasteiger partial charge < -0.3 is 15.1 Å². The second-order valence-electron chi connectivity index (χ2n) is 5.92. The molecule has 24 heavy (non-hydrogen) atoms. The van der Waals surface area contributed by atoms with Gasteiger partial charge in [0.2, 0.25) is 0 Å². The van der Waals surface area contributed by atoms with Crippen molar-refractivity contribution in [2.45, 2.75) is 0 Å². The smallest absolute Gasteiger partial charge is 0.255 e. The Kier molecular flexibility index (Phi) is 5.43. The highest BCUT2D eigenvalue weighted by Crippen LogP contribution is 2.29. The van der Waals surface area contributed by atoms with Crippen LogP contribution in [0, 0.1) is 0 Å². The monoisotopic (exact) mass is 407 g/mol. The summed E-state index contributed by atoms with van der Waals surface area (Å²) < 4.78 is 0.874. The molecule has 1 aliphatic rings. The fourth-order valence-corrected chi connectivity index (χ4v) is 3.42. The fourth-order valence-electron chi connectivity index (χ4n) is 2.72. The van der Waals surface area contributed by atoms with Crippen molar-refractivity contribution >= 4 is 44.8 Å². The van der Waals surface area contributed by atoms with Crippen molar-refractivity contribution in [3.8, 4) is 0 Å². The van der Waals surface area contributed by atoms with Crippen LogP contribution in [0.2, 0.25) is 5.02 Å². The van der Waals surface area contributed by atoms with Crippen LogP contribution in [-0.2, 0) is 0 Å². The minimum absolute atomic E-state index is 0.153. The molecule has 0 radical (unpaired) electrons. The van der Waals surface area contributed by atoms with Gasteiger partial charge in [-0.3, -0.25) is 4.79 Å². The van der Waals surface area contributed by atoms with Crippen molar-refractivity contribution in [1.82, 2.24) is 4.90 Å². The highest BCUT2D eigenvalue weighted by Gasteiger charge is 2.17. The number of nitrogens with zero attached hydrogens (tertiary/aromatic N) is 2. The highest BCUT2D eigenvalue weighted by atomic mass is 79.9. The number of anilines is 2. The Hall–Kier alpha value is -1.56. The Balaban J connectivity index is 1.71. The lowest BCUT2D eigenvalue weighted by Gasteiger charge is -2.34. The van der Waals surface area contributed by atoms with Gasteiger partial charge in [0.05, 0.1) is 10.7 Å². The second kappa shape index (κ2) is 7.55. The van der Waals surface area contributed by atoms with Crippen LogP contribution >= 0.6 is 27.5 Å². The second-order valence-corrected chi connectivity index (χ2v) is 7.24. The average molecular weight is 409 g/mol. The largest absolute Gasteiger partial charge is 0.368 e. The zero-order chi connectivity index (χ0) is 17.1. The summed E-state index contributed by atoms with van der Waals surface area (Å²) in [5, 5.41) is 3.55. The molecule has 1 fully saturated rings. The average Bonchev–Trinajstić information content (AvgIpc) is 2.56. The quantitative estimate of drug-likeness (QED) is 0.830. The molecule has 1 amide bonds. The van der Waals surface area contributed by atoms with E-state index in [1.54, 1.807) is 12.1 Å². The van der Waals surface area contributed by atoms with Crippen molar-refractivity contribution in [2.24, 2.45) is 0 Å². The van der Waals surface area contributed by atoms with Gasteiger partial charge in [-0.25, -0.2) is 0 Å². The molecule has 0 aromatic heterocycles. The predicted octanol–water partition coefficient (Wildman–Crippen LogP) is 4.11. The number of carbonyl (C=O) groups excluding carboxylic acids is 1. The molecule has 1 heterocycles. The number of likely N-dealkylation sites (N-methyl/N-ethyl adjacent to an activating group) is 1. The van der Waals surface area contributed by atoms with Crippen LogP contribution in [0.3, 0.4) is 0 Å². The van der Waals surface area contributed by atoms with Crippen LogP contribution in [0.25, 0.3) is 0 Å². The molecule has 0 aliphatic carbocycles. The number of nitrogens with one attached hydrogen (secondary N) is 1. The molecule has 4 nitrogen and oxygen atoms in total. The molecule has 1 saturated heterocycles. The Morgan fingerprint density at radius 3 is 2.54 bits per heavy atom. The van der Waals surface area contributed by atoms with Crippen molar-refractivity contribution in [3.63, 3.8) is 0 Å². The van der Waals surface area contributed by atoms with Crippen LogP contribution in [0.15, 0.2) is 46.9 Å². The first-order chi connectivity index (χ1) is 11.5. The van der Waals surface area contributed by atoms with E-state index in [9.17, 15) is 4.79 Å². The molecule has 1 aliphatic heterocycles. The number of halogens is 2. The van der Waals surface area contributed by atoms with Gasteiger partial charge >= 0.3 is 0 Å². The normalized spacial score (nSPS) is 15.4. The minimum atomic E-state index is -0.153. The third-order valence-corrected chi connectivity index (χ3v) is 4.93. The number of rotatable bonds is 3. The lowest BCUT2D eigenvalue weighted by atomic mass is 10.2. The van der Waals surface area contributed by atoms with E-state index in [1.165, 1.54) is 0 Å². The maximum atomic E-state index is 12.3. The van der Waals surface area contributed by atoms with Gasteiger partial charge in [0, 0.05) is 41.9 Å². The van der Waals surface area contributed by atoms with Gasteiger partial charge in [-0.2, -0.15) is 0 Å². The molecule has 126 valence electrons. The first-order valence-electron chi connectivity index (χ1n) is 7.83. The van der Waals surface area contributed by atoms with Gasteiger partial charge in [-0.05, 0) is 43.4 Å². The molecule has 0 saturated carbocycles. The topological polar surface area (TPSA) is 35.6 Å². The molecule has 2 aromatic carbocycles. The molecule has 0 spiro atoms. The zero-order valence-corrected chi connectivity index (χ0v) is 15.8. The minimum Gasteiger partial charge on any atom is -0.368 e. The number of carbonyl (C=O) groups is 1. The number of amides is 1. The van der Waals surface area contributed by atoms with Gasteiger partial charge in [0.15, 0.2) is 0 Å². The highest BCUT2D eigenvalue weighted by molar-refractivity contribution is 9.10. The van der Waals surface area contributed by atoms with Crippen LogP contribution in [0.1, 0.15) is 10.4 Å². The van der Waals surface area contributed by atoms with Crippen molar-refractivity contribution in [1.29, 1.82) is 0 Å². The summed E-state index contributed by atoms with van der Waals surface area (Å²) >= 11 is 9.81. The van der Waals surface area contributed by atoms with E-state index in [2.05, 4.69) is 38.1 Å². The van der Waals surface area contributed by atoms with E-state index in [-0.39, 0.29) is 5.91 Å². The van der Waals surface area contributed by atoms with Crippen LogP contribution < -0.4 is 10.2 Å².